The van der Waals surface area contributed by atoms with Crippen LogP contribution in [0.5, 0.6) is 5.75 Å². The number of nitrogens with one attached hydrogen (secondary N) is 1. The molecule has 0 saturated heterocycles. The summed E-state index contributed by atoms with van der Waals surface area (Å²) in [5.74, 6) is 0.922. The fraction of sp³-hybridized carbons (Fsp3) is 0.143. The molecule has 0 aliphatic heterocycles. The molecule has 0 aliphatic rings. The van der Waals surface area contributed by atoms with Crippen LogP contribution in [0.1, 0.15) is 11.1 Å². The van der Waals surface area contributed by atoms with Crippen molar-refractivity contribution in [1.82, 2.24) is 0 Å². The second kappa shape index (κ2) is 8.04. The van der Waals surface area contributed by atoms with Crippen LogP contribution >= 0.6 is 0 Å². The lowest BCUT2D eigenvalue weighted by atomic mass is 10.1. The third kappa shape index (κ3) is 4.89. The van der Waals surface area contributed by atoms with E-state index in [1.165, 1.54) is 11.1 Å². The Kier molecular flexibility index (Phi) is 5.30. The van der Waals surface area contributed by atoms with E-state index in [1.54, 1.807) is 0 Å². The fourth-order valence-corrected chi connectivity index (χ4v) is 2.44. The monoisotopic (exact) mass is 303 g/mol. The first-order valence-electron chi connectivity index (χ1n) is 7.95. The maximum atomic E-state index is 5.88. The van der Waals surface area contributed by atoms with Crippen molar-refractivity contribution in [2.45, 2.75) is 13.0 Å². The number of hydrogen-bond acceptors (Lipinski definition) is 2. The normalized spacial score (nSPS) is 10.3. The molecule has 116 valence electrons. The van der Waals surface area contributed by atoms with Crippen LogP contribution in [0, 0.1) is 0 Å². The summed E-state index contributed by atoms with van der Waals surface area (Å²) in [6.07, 6.45) is 0.970. The predicted octanol–water partition coefficient (Wildman–Crippen LogP) is 4.92. The van der Waals surface area contributed by atoms with Crippen molar-refractivity contribution in [3.8, 4) is 5.75 Å². The summed E-state index contributed by atoms with van der Waals surface area (Å²) >= 11 is 0. The number of ether oxygens (including phenoxy) is 1. The molecule has 0 heterocycles. The minimum absolute atomic E-state index is 0.604. The molecule has 3 rings (SSSR count). The van der Waals surface area contributed by atoms with E-state index >= 15 is 0 Å². The molecule has 2 heteroatoms. The molecule has 1 N–H and O–H groups in total. The van der Waals surface area contributed by atoms with Gasteiger partial charge >= 0.3 is 0 Å². The zero-order valence-corrected chi connectivity index (χ0v) is 13.1. The molecule has 0 bridgehead atoms. The van der Waals surface area contributed by atoms with Gasteiger partial charge in [0.25, 0.3) is 0 Å². The first-order chi connectivity index (χ1) is 11.4. The molecule has 0 spiro atoms. The third-order valence-electron chi connectivity index (χ3n) is 3.66. The average molecular weight is 303 g/mol. The largest absolute Gasteiger partial charge is 0.489 e. The minimum atomic E-state index is 0.604. The van der Waals surface area contributed by atoms with Gasteiger partial charge in [-0.1, -0.05) is 60.7 Å². The van der Waals surface area contributed by atoms with E-state index in [0.29, 0.717) is 6.61 Å². The zero-order chi connectivity index (χ0) is 15.7. The van der Waals surface area contributed by atoms with Gasteiger partial charge in [0, 0.05) is 12.2 Å². The molecular weight excluding hydrogens is 282 g/mol. The van der Waals surface area contributed by atoms with E-state index in [-0.39, 0.29) is 0 Å². The van der Waals surface area contributed by atoms with Gasteiger partial charge in [-0.2, -0.15) is 0 Å². The summed E-state index contributed by atoms with van der Waals surface area (Å²) in [6.45, 7) is 1.51. The highest BCUT2D eigenvalue weighted by Gasteiger charge is 1.99. The average Bonchev–Trinajstić information content (AvgIpc) is 2.62. The molecule has 0 radical (unpaired) electrons. The molecule has 3 aromatic carbocycles. The van der Waals surface area contributed by atoms with Crippen molar-refractivity contribution in [3.05, 3.63) is 96.1 Å². The molecule has 0 unspecified atom stereocenters. The fourth-order valence-electron chi connectivity index (χ4n) is 2.44. The van der Waals surface area contributed by atoms with Gasteiger partial charge in [0.1, 0.15) is 12.4 Å². The van der Waals surface area contributed by atoms with Crippen LogP contribution in [0.2, 0.25) is 0 Å². The predicted molar refractivity (Wildman–Crippen MR) is 95.9 cm³/mol. The minimum Gasteiger partial charge on any atom is -0.489 e. The van der Waals surface area contributed by atoms with E-state index in [1.807, 2.05) is 42.5 Å². The molecule has 0 aromatic heterocycles. The van der Waals surface area contributed by atoms with Gasteiger partial charge in [0.2, 0.25) is 0 Å². The maximum absolute atomic E-state index is 5.88. The quantitative estimate of drug-likeness (QED) is 0.669. The lowest BCUT2D eigenvalue weighted by molar-refractivity contribution is 0.306. The molecule has 0 fully saturated rings. The van der Waals surface area contributed by atoms with E-state index in [0.717, 1.165) is 24.4 Å². The van der Waals surface area contributed by atoms with Crippen LogP contribution in [-0.2, 0) is 13.0 Å². The highest BCUT2D eigenvalue weighted by atomic mass is 16.5. The Morgan fingerprint density at radius 3 is 2.17 bits per heavy atom. The Morgan fingerprint density at radius 2 is 1.39 bits per heavy atom. The molecule has 3 aromatic rings. The Hall–Kier alpha value is -2.74. The molecule has 23 heavy (non-hydrogen) atoms. The number of hydrogen-bond donors (Lipinski definition) is 1. The number of rotatable bonds is 7. The Labute approximate surface area is 137 Å². The van der Waals surface area contributed by atoms with Crippen molar-refractivity contribution < 1.29 is 4.74 Å². The van der Waals surface area contributed by atoms with E-state index in [2.05, 4.69) is 47.8 Å². The lowest BCUT2D eigenvalue weighted by Crippen LogP contribution is -2.04. The van der Waals surface area contributed by atoms with Crippen LogP contribution in [0.15, 0.2) is 84.9 Å². The Bertz CT molecular complexity index is 710. The lowest BCUT2D eigenvalue weighted by Gasteiger charge is -2.09. The van der Waals surface area contributed by atoms with Crippen molar-refractivity contribution in [2.75, 3.05) is 11.9 Å². The summed E-state index contributed by atoms with van der Waals surface area (Å²) in [6, 6.07) is 28.8. The van der Waals surface area contributed by atoms with Crippen LogP contribution in [-0.4, -0.2) is 6.54 Å². The number of para-hydroxylation sites is 1. The van der Waals surface area contributed by atoms with Crippen molar-refractivity contribution in [1.29, 1.82) is 0 Å². The number of anilines is 1. The first kappa shape index (κ1) is 15.2. The second-order valence-electron chi connectivity index (χ2n) is 5.46. The molecule has 0 atom stereocenters. The van der Waals surface area contributed by atoms with Gasteiger partial charge in [-0.25, -0.2) is 0 Å². The summed E-state index contributed by atoms with van der Waals surface area (Å²) in [4.78, 5) is 0. The van der Waals surface area contributed by atoms with Gasteiger partial charge in [-0.3, -0.25) is 0 Å². The van der Waals surface area contributed by atoms with Crippen LogP contribution < -0.4 is 10.1 Å². The molecule has 2 nitrogen and oxygen atoms in total. The van der Waals surface area contributed by atoms with Crippen LogP contribution in [0.3, 0.4) is 0 Å². The van der Waals surface area contributed by atoms with Gasteiger partial charge in [0.05, 0.1) is 0 Å². The molecule has 0 saturated carbocycles. The molecule has 0 aliphatic carbocycles. The summed E-state index contributed by atoms with van der Waals surface area (Å²) < 4.78 is 5.88. The highest BCUT2D eigenvalue weighted by Crippen LogP contribution is 2.16. The summed E-state index contributed by atoms with van der Waals surface area (Å²) in [5, 5.41) is 3.43. The van der Waals surface area contributed by atoms with Crippen molar-refractivity contribution in [2.24, 2.45) is 0 Å². The SMILES string of the molecule is c1ccc(COc2cccc(CCNc3ccccc3)c2)cc1. The van der Waals surface area contributed by atoms with Gasteiger partial charge in [0.15, 0.2) is 0 Å². The van der Waals surface area contributed by atoms with Gasteiger partial charge in [-0.15, -0.1) is 0 Å². The number of benzene rings is 3. The van der Waals surface area contributed by atoms with Gasteiger partial charge in [-0.05, 0) is 41.8 Å². The van der Waals surface area contributed by atoms with Gasteiger partial charge < -0.3 is 10.1 Å². The smallest absolute Gasteiger partial charge is 0.120 e. The zero-order valence-electron chi connectivity index (χ0n) is 13.1. The first-order valence-corrected chi connectivity index (χ1v) is 7.95. The topological polar surface area (TPSA) is 21.3 Å². The van der Waals surface area contributed by atoms with E-state index < -0.39 is 0 Å². The molecule has 0 amide bonds. The maximum Gasteiger partial charge on any atom is 0.120 e. The third-order valence-corrected chi connectivity index (χ3v) is 3.66. The van der Waals surface area contributed by atoms with Crippen LogP contribution in [0.25, 0.3) is 0 Å². The summed E-state index contributed by atoms with van der Waals surface area (Å²) in [5.41, 5.74) is 3.62. The Balaban J connectivity index is 1.51. The van der Waals surface area contributed by atoms with Crippen molar-refractivity contribution in [3.63, 3.8) is 0 Å². The van der Waals surface area contributed by atoms with E-state index in [4.69, 9.17) is 4.74 Å². The van der Waals surface area contributed by atoms with Crippen LogP contribution in [0.4, 0.5) is 5.69 Å². The van der Waals surface area contributed by atoms with E-state index in [9.17, 15) is 0 Å². The Morgan fingerprint density at radius 1 is 0.696 bits per heavy atom. The highest BCUT2D eigenvalue weighted by molar-refractivity contribution is 5.42. The summed E-state index contributed by atoms with van der Waals surface area (Å²) in [7, 11) is 0. The standard InChI is InChI=1S/C21H21NO/c1-3-8-19(9-4-1)17-23-21-13-7-10-18(16-21)14-15-22-20-11-5-2-6-12-20/h1-13,16,22H,14-15,17H2. The van der Waals surface area contributed by atoms with Crippen molar-refractivity contribution >= 4 is 5.69 Å². The second-order valence-corrected chi connectivity index (χ2v) is 5.46. The molecular formula is C21H21NO.